The first-order valence-electron chi connectivity index (χ1n) is 8.01. The number of aromatic nitrogens is 1. The van der Waals surface area contributed by atoms with Crippen LogP contribution in [0.15, 0.2) is 36.5 Å². The largest absolute Gasteiger partial charge is 0.361 e. The van der Waals surface area contributed by atoms with Crippen LogP contribution in [0.25, 0.3) is 16.5 Å². The molecule has 0 spiro atoms. The van der Waals surface area contributed by atoms with Crippen molar-refractivity contribution in [3.05, 3.63) is 42.1 Å². The number of carbonyl (C=O) groups excluding carboxylic acids is 1. The normalized spacial score (nSPS) is 18.3. The van der Waals surface area contributed by atoms with Crippen molar-refractivity contribution >= 4 is 22.4 Å². The van der Waals surface area contributed by atoms with Crippen molar-refractivity contribution in [2.45, 2.75) is 13.8 Å². The third-order valence-electron chi connectivity index (χ3n) is 4.42. The quantitative estimate of drug-likeness (QED) is 0.911. The Kier molecular flexibility index (Phi) is 4.29. The van der Waals surface area contributed by atoms with Crippen LogP contribution >= 0.6 is 0 Å². The number of carbonyl (C=O) groups is 1. The van der Waals surface area contributed by atoms with Gasteiger partial charge in [0.25, 0.3) is 0 Å². The lowest BCUT2D eigenvalue weighted by Crippen LogP contribution is -2.41. The highest BCUT2D eigenvalue weighted by Gasteiger charge is 2.24. The van der Waals surface area contributed by atoms with E-state index in [1.807, 2.05) is 24.9 Å². The van der Waals surface area contributed by atoms with Gasteiger partial charge in [-0.15, -0.1) is 0 Å². The van der Waals surface area contributed by atoms with Crippen LogP contribution in [0.5, 0.6) is 0 Å². The summed E-state index contributed by atoms with van der Waals surface area (Å²) in [4.78, 5) is 17.7. The highest BCUT2D eigenvalue weighted by molar-refractivity contribution is 5.94. The number of aromatic amines is 1. The van der Waals surface area contributed by atoms with E-state index in [4.69, 9.17) is 0 Å². The maximum Gasteiger partial charge on any atom is 0.230 e. The summed E-state index contributed by atoms with van der Waals surface area (Å²) in [5.74, 6) is 0.147. The van der Waals surface area contributed by atoms with Gasteiger partial charge in [-0.25, -0.2) is 0 Å². The first-order chi connectivity index (χ1) is 10.7. The van der Waals surface area contributed by atoms with Gasteiger partial charge >= 0.3 is 0 Å². The smallest absolute Gasteiger partial charge is 0.230 e. The van der Waals surface area contributed by atoms with Crippen LogP contribution in [-0.2, 0) is 4.79 Å². The number of amides is 1. The summed E-state index contributed by atoms with van der Waals surface area (Å²) in [5, 5.41) is 4.61. The average Bonchev–Trinajstić information content (AvgIpc) is 3.04. The van der Waals surface area contributed by atoms with E-state index < -0.39 is 0 Å². The molecule has 1 aliphatic rings. The summed E-state index contributed by atoms with van der Waals surface area (Å²) >= 11 is 0. The average molecular weight is 297 g/mol. The molecule has 1 aromatic carbocycles. The third-order valence-corrected chi connectivity index (χ3v) is 4.42. The molecule has 0 saturated heterocycles. The topological polar surface area (TPSA) is 48.1 Å². The Morgan fingerprint density at radius 3 is 2.86 bits per heavy atom. The van der Waals surface area contributed by atoms with Crippen molar-refractivity contribution in [1.29, 1.82) is 0 Å². The second-order valence-electron chi connectivity index (χ2n) is 5.68. The van der Waals surface area contributed by atoms with Gasteiger partial charge in [-0.3, -0.25) is 4.79 Å². The summed E-state index contributed by atoms with van der Waals surface area (Å²) in [5.41, 5.74) is 3.56. The molecule has 0 fully saturated rings. The molecule has 0 saturated carbocycles. The molecule has 1 aromatic heterocycles. The zero-order chi connectivity index (χ0) is 15.5. The molecule has 4 nitrogen and oxygen atoms in total. The minimum absolute atomic E-state index is 0.0714. The molecule has 1 aliphatic heterocycles. The fraction of sp³-hybridized carbons (Fsp3) is 0.389. The number of benzene rings is 1. The Morgan fingerprint density at radius 2 is 2.09 bits per heavy atom. The van der Waals surface area contributed by atoms with Gasteiger partial charge in [-0.05, 0) is 37.1 Å². The second-order valence-corrected chi connectivity index (χ2v) is 5.68. The van der Waals surface area contributed by atoms with Gasteiger partial charge in [0, 0.05) is 43.3 Å². The first kappa shape index (κ1) is 14.9. The van der Waals surface area contributed by atoms with E-state index in [1.165, 1.54) is 16.5 Å². The lowest BCUT2D eigenvalue weighted by Gasteiger charge is -2.27. The van der Waals surface area contributed by atoms with Gasteiger partial charge in [0.2, 0.25) is 5.91 Å². The Hall–Kier alpha value is -2.07. The van der Waals surface area contributed by atoms with Crippen LogP contribution in [-0.4, -0.2) is 42.0 Å². The fourth-order valence-corrected chi connectivity index (χ4v) is 3.20. The molecule has 2 N–H and O–H groups in total. The number of hydrogen-bond donors (Lipinski definition) is 2. The van der Waals surface area contributed by atoms with E-state index in [-0.39, 0.29) is 11.8 Å². The van der Waals surface area contributed by atoms with Crippen molar-refractivity contribution in [2.75, 3.05) is 26.2 Å². The third kappa shape index (κ3) is 2.66. The number of nitrogens with zero attached hydrogens (tertiary/aromatic N) is 1. The second kappa shape index (κ2) is 6.36. The number of H-pyrrole nitrogens is 1. The van der Waals surface area contributed by atoms with Crippen LogP contribution in [0, 0.1) is 5.92 Å². The summed E-state index contributed by atoms with van der Waals surface area (Å²) in [6, 6.07) is 8.37. The predicted molar refractivity (Wildman–Crippen MR) is 90.6 cm³/mol. The standard InChI is InChI=1S/C18H23N3O/c1-3-21(4-2)18(22)14-10-13(11-19-12-14)15-6-5-7-17-16(15)8-9-20-17/h5-10,14,19-20H,3-4,11-12H2,1-2H3/t14-/m1/s1. The number of fused-ring (bicyclic) bond motifs is 1. The maximum absolute atomic E-state index is 12.6. The van der Waals surface area contributed by atoms with Crippen molar-refractivity contribution < 1.29 is 4.79 Å². The lowest BCUT2D eigenvalue weighted by molar-refractivity contribution is -0.133. The molecule has 0 bridgehead atoms. The molecule has 2 aromatic rings. The summed E-state index contributed by atoms with van der Waals surface area (Å²) in [6.07, 6.45) is 4.11. The molecule has 0 radical (unpaired) electrons. The number of nitrogens with one attached hydrogen (secondary N) is 2. The van der Waals surface area contributed by atoms with Crippen molar-refractivity contribution in [3.8, 4) is 0 Å². The highest BCUT2D eigenvalue weighted by atomic mass is 16.2. The van der Waals surface area contributed by atoms with Crippen molar-refractivity contribution in [3.63, 3.8) is 0 Å². The molecule has 0 aliphatic carbocycles. The Bertz CT molecular complexity index is 697. The predicted octanol–water partition coefficient (Wildman–Crippen LogP) is 2.64. The van der Waals surface area contributed by atoms with Gasteiger partial charge < -0.3 is 15.2 Å². The van der Waals surface area contributed by atoms with Crippen molar-refractivity contribution in [1.82, 2.24) is 15.2 Å². The van der Waals surface area contributed by atoms with E-state index in [9.17, 15) is 4.79 Å². The van der Waals surface area contributed by atoms with E-state index in [0.29, 0.717) is 0 Å². The van der Waals surface area contributed by atoms with Gasteiger partial charge in [-0.2, -0.15) is 0 Å². The highest BCUT2D eigenvalue weighted by Crippen LogP contribution is 2.27. The van der Waals surface area contributed by atoms with E-state index in [0.717, 1.165) is 31.7 Å². The molecule has 116 valence electrons. The van der Waals surface area contributed by atoms with Crippen LogP contribution in [0.2, 0.25) is 0 Å². The van der Waals surface area contributed by atoms with Crippen LogP contribution in [0.4, 0.5) is 0 Å². The molecule has 22 heavy (non-hydrogen) atoms. The summed E-state index contributed by atoms with van der Waals surface area (Å²) in [6.45, 7) is 7.13. The van der Waals surface area contributed by atoms with Gasteiger partial charge in [0.05, 0.1) is 5.92 Å². The van der Waals surface area contributed by atoms with Gasteiger partial charge in [-0.1, -0.05) is 18.2 Å². The molecule has 1 amide bonds. The fourth-order valence-electron chi connectivity index (χ4n) is 3.20. The minimum Gasteiger partial charge on any atom is -0.361 e. The molecule has 2 heterocycles. The van der Waals surface area contributed by atoms with Gasteiger partial charge in [0.1, 0.15) is 0 Å². The lowest BCUT2D eigenvalue weighted by atomic mass is 9.93. The van der Waals surface area contributed by atoms with E-state index in [1.54, 1.807) is 0 Å². The van der Waals surface area contributed by atoms with E-state index in [2.05, 4.69) is 40.6 Å². The molecular weight excluding hydrogens is 274 g/mol. The Balaban J connectivity index is 1.94. The molecule has 3 rings (SSSR count). The van der Waals surface area contributed by atoms with Gasteiger partial charge in [0.15, 0.2) is 0 Å². The van der Waals surface area contributed by atoms with Crippen LogP contribution in [0.3, 0.4) is 0 Å². The van der Waals surface area contributed by atoms with Crippen LogP contribution in [0.1, 0.15) is 19.4 Å². The number of rotatable bonds is 4. The first-order valence-corrected chi connectivity index (χ1v) is 8.01. The monoisotopic (exact) mass is 297 g/mol. The SMILES string of the molecule is CCN(CC)C(=O)[C@@H]1C=C(c2cccc3[nH]ccc23)CNC1. The maximum atomic E-state index is 12.6. The minimum atomic E-state index is -0.0714. The zero-order valence-electron chi connectivity index (χ0n) is 13.2. The molecule has 4 heteroatoms. The van der Waals surface area contributed by atoms with E-state index >= 15 is 0 Å². The summed E-state index contributed by atoms with van der Waals surface area (Å²) < 4.78 is 0. The molecule has 1 atom stereocenters. The van der Waals surface area contributed by atoms with Crippen molar-refractivity contribution in [2.24, 2.45) is 5.92 Å². The summed E-state index contributed by atoms with van der Waals surface area (Å²) in [7, 11) is 0. The Morgan fingerprint density at radius 1 is 1.27 bits per heavy atom. The molecule has 0 unspecified atom stereocenters. The number of hydrogen-bond acceptors (Lipinski definition) is 2. The van der Waals surface area contributed by atoms with Crippen LogP contribution < -0.4 is 5.32 Å². The zero-order valence-corrected chi connectivity index (χ0v) is 13.2. The molecular formula is C18H23N3O. The Labute approximate surface area is 131 Å².